The van der Waals surface area contributed by atoms with Crippen LogP contribution in [0, 0.1) is 11.8 Å². The minimum Gasteiger partial charge on any atom is -0.385 e. The second kappa shape index (κ2) is 4.81. The van der Waals surface area contributed by atoms with Crippen LogP contribution in [0.3, 0.4) is 0 Å². The molecule has 0 aliphatic heterocycles. The highest BCUT2D eigenvalue weighted by Gasteiger charge is 2.44. The van der Waals surface area contributed by atoms with Gasteiger partial charge in [0.1, 0.15) is 0 Å². The minimum atomic E-state index is -0.543. The molecular formula is C16H24O. The van der Waals surface area contributed by atoms with Gasteiger partial charge in [-0.05, 0) is 42.2 Å². The molecule has 0 radical (unpaired) electrons. The van der Waals surface area contributed by atoms with E-state index in [4.69, 9.17) is 0 Å². The largest absolute Gasteiger partial charge is 0.385 e. The lowest BCUT2D eigenvalue weighted by atomic mass is 9.63. The van der Waals surface area contributed by atoms with E-state index in [0.717, 1.165) is 31.2 Å². The average molecular weight is 232 g/mol. The SMILES string of the molecule is CCCc1cccc(C2(O)CC(C(C)C)C2)c1. The fourth-order valence-corrected chi connectivity index (χ4v) is 2.82. The van der Waals surface area contributed by atoms with Gasteiger partial charge >= 0.3 is 0 Å². The molecule has 0 saturated heterocycles. The molecule has 0 unspecified atom stereocenters. The van der Waals surface area contributed by atoms with Crippen molar-refractivity contribution in [2.75, 3.05) is 0 Å². The van der Waals surface area contributed by atoms with Crippen molar-refractivity contribution in [3.63, 3.8) is 0 Å². The van der Waals surface area contributed by atoms with Crippen molar-refractivity contribution >= 4 is 0 Å². The number of aliphatic hydroxyl groups is 1. The lowest BCUT2D eigenvalue weighted by Crippen LogP contribution is -2.43. The zero-order chi connectivity index (χ0) is 12.5. The summed E-state index contributed by atoms with van der Waals surface area (Å²) >= 11 is 0. The molecular weight excluding hydrogens is 208 g/mol. The van der Waals surface area contributed by atoms with Crippen LogP contribution in [0.5, 0.6) is 0 Å². The van der Waals surface area contributed by atoms with Crippen LogP contribution in [0.4, 0.5) is 0 Å². The van der Waals surface area contributed by atoms with E-state index in [1.807, 2.05) is 0 Å². The third-order valence-corrected chi connectivity index (χ3v) is 4.15. The van der Waals surface area contributed by atoms with E-state index >= 15 is 0 Å². The van der Waals surface area contributed by atoms with Crippen molar-refractivity contribution in [2.24, 2.45) is 11.8 Å². The van der Waals surface area contributed by atoms with E-state index in [1.165, 1.54) is 5.56 Å². The van der Waals surface area contributed by atoms with E-state index in [1.54, 1.807) is 0 Å². The zero-order valence-electron chi connectivity index (χ0n) is 11.2. The average Bonchev–Trinajstić information content (AvgIpc) is 2.25. The summed E-state index contributed by atoms with van der Waals surface area (Å²) < 4.78 is 0. The lowest BCUT2D eigenvalue weighted by molar-refractivity contribution is -0.0934. The molecule has 1 heteroatoms. The lowest BCUT2D eigenvalue weighted by Gasteiger charge is -2.46. The van der Waals surface area contributed by atoms with Crippen LogP contribution in [-0.2, 0) is 12.0 Å². The molecule has 1 aliphatic carbocycles. The quantitative estimate of drug-likeness (QED) is 0.835. The molecule has 1 saturated carbocycles. The summed E-state index contributed by atoms with van der Waals surface area (Å²) in [5.41, 5.74) is 1.94. The second-order valence-corrected chi connectivity index (χ2v) is 5.89. The van der Waals surface area contributed by atoms with Gasteiger partial charge in [0, 0.05) is 0 Å². The molecule has 0 heterocycles. The van der Waals surface area contributed by atoms with E-state index in [0.29, 0.717) is 11.8 Å². The summed E-state index contributed by atoms with van der Waals surface area (Å²) in [5, 5.41) is 10.6. The Hall–Kier alpha value is -0.820. The van der Waals surface area contributed by atoms with Crippen LogP contribution in [0.25, 0.3) is 0 Å². The van der Waals surface area contributed by atoms with E-state index < -0.39 is 5.60 Å². The van der Waals surface area contributed by atoms with E-state index in [-0.39, 0.29) is 0 Å². The van der Waals surface area contributed by atoms with Crippen molar-refractivity contribution in [1.29, 1.82) is 0 Å². The standard InChI is InChI=1S/C16H24O/c1-4-6-13-7-5-8-15(9-13)16(17)10-14(11-16)12(2)3/h5,7-9,12,14,17H,4,6,10-11H2,1-3H3. The smallest absolute Gasteiger partial charge is 0.0902 e. The van der Waals surface area contributed by atoms with Crippen molar-refractivity contribution < 1.29 is 5.11 Å². The molecule has 0 aromatic heterocycles. The van der Waals surface area contributed by atoms with Gasteiger partial charge in [0.05, 0.1) is 5.60 Å². The number of aryl methyl sites for hydroxylation is 1. The molecule has 17 heavy (non-hydrogen) atoms. The highest BCUT2D eigenvalue weighted by Crippen LogP contribution is 2.48. The Kier molecular flexibility index (Phi) is 3.58. The molecule has 1 nitrogen and oxygen atoms in total. The summed E-state index contributed by atoms with van der Waals surface area (Å²) in [4.78, 5) is 0. The van der Waals surface area contributed by atoms with Gasteiger partial charge < -0.3 is 5.11 Å². The first-order chi connectivity index (χ1) is 8.05. The normalized spacial score (nSPS) is 28.2. The maximum Gasteiger partial charge on any atom is 0.0902 e. The molecule has 2 rings (SSSR count). The monoisotopic (exact) mass is 232 g/mol. The number of hydrogen-bond acceptors (Lipinski definition) is 1. The van der Waals surface area contributed by atoms with E-state index in [2.05, 4.69) is 45.0 Å². The molecule has 1 N–H and O–H groups in total. The van der Waals surface area contributed by atoms with Crippen LogP contribution in [0.2, 0.25) is 0 Å². The van der Waals surface area contributed by atoms with Gasteiger partial charge in [0.2, 0.25) is 0 Å². The third kappa shape index (κ3) is 2.55. The molecule has 0 atom stereocenters. The van der Waals surface area contributed by atoms with Gasteiger partial charge in [0.25, 0.3) is 0 Å². The van der Waals surface area contributed by atoms with Crippen LogP contribution < -0.4 is 0 Å². The van der Waals surface area contributed by atoms with Crippen LogP contribution in [-0.4, -0.2) is 5.11 Å². The summed E-state index contributed by atoms with van der Waals surface area (Å²) in [7, 11) is 0. The van der Waals surface area contributed by atoms with Gasteiger partial charge in [-0.25, -0.2) is 0 Å². The highest BCUT2D eigenvalue weighted by atomic mass is 16.3. The topological polar surface area (TPSA) is 20.2 Å². The maximum absolute atomic E-state index is 10.6. The summed E-state index contributed by atoms with van der Waals surface area (Å²) in [6.07, 6.45) is 4.13. The molecule has 0 spiro atoms. The zero-order valence-corrected chi connectivity index (χ0v) is 11.2. The first-order valence-electron chi connectivity index (χ1n) is 6.87. The highest BCUT2D eigenvalue weighted by molar-refractivity contribution is 5.30. The first-order valence-corrected chi connectivity index (χ1v) is 6.87. The molecule has 1 aliphatic rings. The predicted octanol–water partition coefficient (Wildman–Crippen LogP) is 3.89. The Morgan fingerprint density at radius 3 is 2.65 bits per heavy atom. The Morgan fingerprint density at radius 1 is 1.35 bits per heavy atom. The fourth-order valence-electron chi connectivity index (χ4n) is 2.82. The van der Waals surface area contributed by atoms with Crippen molar-refractivity contribution in [3.8, 4) is 0 Å². The number of benzene rings is 1. The summed E-state index contributed by atoms with van der Waals surface area (Å²) in [6, 6.07) is 8.52. The van der Waals surface area contributed by atoms with Gasteiger partial charge in [-0.3, -0.25) is 0 Å². The number of hydrogen-bond donors (Lipinski definition) is 1. The molecule has 0 amide bonds. The van der Waals surface area contributed by atoms with Gasteiger partial charge in [0.15, 0.2) is 0 Å². The van der Waals surface area contributed by atoms with Crippen LogP contribution >= 0.6 is 0 Å². The van der Waals surface area contributed by atoms with E-state index in [9.17, 15) is 5.11 Å². The van der Waals surface area contributed by atoms with Gasteiger partial charge in [-0.2, -0.15) is 0 Å². The summed E-state index contributed by atoms with van der Waals surface area (Å²) in [6.45, 7) is 6.69. The molecule has 94 valence electrons. The second-order valence-electron chi connectivity index (χ2n) is 5.89. The summed E-state index contributed by atoms with van der Waals surface area (Å²) in [5.74, 6) is 1.38. The third-order valence-electron chi connectivity index (χ3n) is 4.15. The van der Waals surface area contributed by atoms with Crippen molar-refractivity contribution in [3.05, 3.63) is 35.4 Å². The molecule has 1 aromatic rings. The van der Waals surface area contributed by atoms with Gasteiger partial charge in [-0.15, -0.1) is 0 Å². The fraction of sp³-hybridized carbons (Fsp3) is 0.625. The van der Waals surface area contributed by atoms with Crippen molar-refractivity contribution in [2.45, 2.75) is 52.1 Å². The van der Waals surface area contributed by atoms with Gasteiger partial charge in [-0.1, -0.05) is 51.5 Å². The Labute approximate surface area is 105 Å². The Morgan fingerprint density at radius 2 is 2.06 bits per heavy atom. The predicted molar refractivity (Wildman–Crippen MR) is 71.9 cm³/mol. The molecule has 0 bridgehead atoms. The van der Waals surface area contributed by atoms with Crippen LogP contribution in [0.15, 0.2) is 24.3 Å². The molecule has 1 fully saturated rings. The Bertz CT molecular complexity index is 375. The van der Waals surface area contributed by atoms with Crippen LogP contribution in [0.1, 0.15) is 51.2 Å². The minimum absolute atomic E-state index is 0.543. The number of rotatable bonds is 4. The Balaban J connectivity index is 2.10. The first kappa shape index (κ1) is 12.6. The van der Waals surface area contributed by atoms with Crippen molar-refractivity contribution in [1.82, 2.24) is 0 Å². The maximum atomic E-state index is 10.6. The molecule has 1 aromatic carbocycles.